The maximum Gasteiger partial charge on any atom is 1.00 e. The average Bonchev–Trinajstić information content (AvgIpc) is 2.09. The molecule has 1 heterocycles. The minimum Gasteiger partial charge on any atom is -1.00 e. The zero-order chi connectivity index (χ0) is 14.1. The molecule has 11 nitrogen and oxygen atoms in total. The van der Waals surface area contributed by atoms with Crippen molar-refractivity contribution in [3.8, 4) is 0 Å². The van der Waals surface area contributed by atoms with Crippen LogP contribution in [0, 0.1) is 6.92 Å². The van der Waals surface area contributed by atoms with Crippen LogP contribution in [0.1, 0.15) is 6.99 Å². The number of hydrogen-bond donors (Lipinski definition) is 4. The number of phosphoric acid groups is 2. The molecule has 0 amide bonds. The Balaban J connectivity index is 0. The largest absolute Gasteiger partial charge is 1.00 e. The van der Waals surface area contributed by atoms with Crippen LogP contribution in [0.3, 0.4) is 0 Å². The van der Waals surface area contributed by atoms with E-state index in [0.717, 1.165) is 6.20 Å². The van der Waals surface area contributed by atoms with Crippen LogP contribution in [0.25, 0.3) is 0 Å². The number of H-pyrrole nitrogens is 1. The Hall–Kier alpha value is -0.220. The summed E-state index contributed by atoms with van der Waals surface area (Å²) >= 11 is 0. The summed E-state index contributed by atoms with van der Waals surface area (Å²) in [6, 6.07) is 0. The zero-order valence-electron chi connectivity index (χ0n) is 10.7. The fourth-order valence-corrected chi connectivity index (χ4v) is 2.40. The third-order valence-electron chi connectivity index (χ3n) is 1.49. The third-order valence-corrected chi connectivity index (χ3v) is 3.55. The number of nitrogens with one attached hydrogen (secondary N) is 1. The molecule has 1 rings (SSSR count). The summed E-state index contributed by atoms with van der Waals surface area (Å²) in [6.07, 6.45) is 0.757. The van der Waals surface area contributed by atoms with Gasteiger partial charge in [0.1, 0.15) is 0 Å². The van der Waals surface area contributed by atoms with E-state index in [-0.39, 0.29) is 41.3 Å². The quantitative estimate of drug-likeness (QED) is 0.315. The second kappa shape index (κ2) is 6.49. The fraction of sp³-hybridized carbons (Fsp3) is 0.200. The molecule has 0 aromatic carbocycles. The van der Waals surface area contributed by atoms with E-state index in [2.05, 4.69) is 8.94 Å². The first-order valence-corrected chi connectivity index (χ1v) is 7.15. The van der Waals surface area contributed by atoms with Crippen LogP contribution in [0.5, 0.6) is 0 Å². The second-order valence-corrected chi connectivity index (χ2v) is 5.75. The molecule has 1 unspecified atom stereocenters. The van der Waals surface area contributed by atoms with Crippen molar-refractivity contribution in [1.29, 1.82) is 0 Å². The Bertz CT molecular complexity index is 665. The number of hydrogen-bond acceptors (Lipinski definition) is 6. The summed E-state index contributed by atoms with van der Waals surface area (Å²) in [7, 11) is -10.5. The molecule has 19 heavy (non-hydrogen) atoms. The van der Waals surface area contributed by atoms with Crippen molar-refractivity contribution in [2.75, 3.05) is 0 Å². The average molecular weight is 326 g/mol. The molecule has 0 bridgehead atoms. The monoisotopic (exact) mass is 326 g/mol. The summed E-state index contributed by atoms with van der Waals surface area (Å²) in [5.74, 6) is 0. The van der Waals surface area contributed by atoms with Crippen molar-refractivity contribution in [3.05, 3.63) is 32.6 Å². The van der Waals surface area contributed by atoms with Gasteiger partial charge in [-0.25, -0.2) is 13.9 Å². The molecule has 0 saturated carbocycles. The van der Waals surface area contributed by atoms with Crippen molar-refractivity contribution in [1.82, 2.24) is 9.71 Å². The van der Waals surface area contributed by atoms with E-state index >= 15 is 0 Å². The predicted molar refractivity (Wildman–Crippen MR) is 56.7 cm³/mol. The molecular formula is C5H9N2NaO9P2. The first kappa shape index (κ1) is 18.8. The summed E-state index contributed by atoms with van der Waals surface area (Å²) in [5, 5.41) is 0. The molecular weight excluding hydrogens is 317 g/mol. The standard InChI is InChI=1S/C5H8N2O9P2.Na.H/c1-3-2-7(5(9)6-4(3)8)15-18(13,14)16-17(10,11)12;;/h2H,1H3,(H,13,14)(H,6,8,9)(H2,10,11,12);;/q;+1;-1. The molecule has 4 N–H and O–H groups in total. The third kappa shape index (κ3) is 6.17. The molecule has 104 valence electrons. The molecule has 1 aromatic heterocycles. The van der Waals surface area contributed by atoms with Gasteiger partial charge in [0.15, 0.2) is 0 Å². The molecule has 1 atom stereocenters. The topological polar surface area (TPSA) is 168 Å². The van der Waals surface area contributed by atoms with Gasteiger partial charge in [0.2, 0.25) is 0 Å². The van der Waals surface area contributed by atoms with E-state index in [9.17, 15) is 18.7 Å². The molecule has 0 aliphatic heterocycles. The molecule has 0 saturated heterocycles. The van der Waals surface area contributed by atoms with Crippen LogP contribution in [0.15, 0.2) is 15.8 Å². The van der Waals surface area contributed by atoms with E-state index in [1.807, 2.05) is 0 Å². The molecule has 0 aliphatic carbocycles. The first-order chi connectivity index (χ1) is 8.00. The van der Waals surface area contributed by atoms with Crippen LogP contribution in [0.2, 0.25) is 0 Å². The number of nitrogens with zero attached hydrogens (tertiary/aromatic N) is 1. The van der Waals surface area contributed by atoms with Gasteiger partial charge in [-0.1, -0.05) is 0 Å². The summed E-state index contributed by atoms with van der Waals surface area (Å²) in [5.41, 5.74) is -2.00. The van der Waals surface area contributed by atoms with Crippen molar-refractivity contribution < 1.29 is 63.7 Å². The molecule has 0 fully saturated rings. The predicted octanol–water partition coefficient (Wildman–Crippen LogP) is -4.40. The Morgan fingerprint density at radius 2 is 1.84 bits per heavy atom. The fourth-order valence-electron chi connectivity index (χ4n) is 0.865. The maximum absolute atomic E-state index is 11.1. The van der Waals surface area contributed by atoms with Crippen LogP contribution in [-0.4, -0.2) is 24.4 Å². The van der Waals surface area contributed by atoms with Crippen molar-refractivity contribution in [2.24, 2.45) is 0 Å². The van der Waals surface area contributed by atoms with Crippen LogP contribution >= 0.6 is 15.6 Å². The Morgan fingerprint density at radius 1 is 1.32 bits per heavy atom. The Morgan fingerprint density at radius 3 is 2.32 bits per heavy atom. The number of aromatic nitrogens is 2. The zero-order valence-corrected chi connectivity index (χ0v) is 13.5. The van der Waals surface area contributed by atoms with Crippen LogP contribution in [0.4, 0.5) is 0 Å². The van der Waals surface area contributed by atoms with Gasteiger partial charge in [-0.2, -0.15) is 4.31 Å². The number of aryl methyl sites for hydroxylation is 1. The van der Waals surface area contributed by atoms with E-state index in [4.69, 9.17) is 14.7 Å². The van der Waals surface area contributed by atoms with E-state index in [0.29, 0.717) is 0 Å². The van der Waals surface area contributed by atoms with Gasteiger partial charge in [0, 0.05) is 5.56 Å². The Kier molecular flexibility index (Phi) is 6.41. The molecule has 0 spiro atoms. The van der Waals surface area contributed by atoms with Crippen LogP contribution in [-0.2, 0) is 13.4 Å². The maximum atomic E-state index is 11.1. The smallest absolute Gasteiger partial charge is 1.00 e. The van der Waals surface area contributed by atoms with Gasteiger partial charge >= 0.3 is 50.9 Å². The van der Waals surface area contributed by atoms with Gasteiger partial charge in [0.05, 0.1) is 6.20 Å². The van der Waals surface area contributed by atoms with E-state index < -0.39 is 26.9 Å². The SMILES string of the molecule is Cc1cn(OP(=O)(O)OP(=O)(O)O)c(=O)[nH]c1=O.[H-].[Na+]. The minimum atomic E-state index is -5.29. The number of aromatic amines is 1. The molecule has 1 aromatic rings. The van der Waals surface area contributed by atoms with Crippen molar-refractivity contribution >= 4 is 15.6 Å². The molecule has 0 aliphatic rings. The molecule has 14 heteroatoms. The van der Waals surface area contributed by atoms with E-state index in [1.54, 1.807) is 4.98 Å². The second-order valence-electron chi connectivity index (χ2n) is 3.02. The first-order valence-electron chi connectivity index (χ1n) is 4.12. The summed E-state index contributed by atoms with van der Waals surface area (Å²) in [4.78, 5) is 49.5. The Labute approximate surface area is 128 Å². The minimum absolute atomic E-state index is 0. The van der Waals surface area contributed by atoms with Gasteiger partial charge in [-0.15, -0.1) is 4.73 Å². The van der Waals surface area contributed by atoms with Crippen molar-refractivity contribution in [3.63, 3.8) is 0 Å². The van der Waals surface area contributed by atoms with E-state index in [1.165, 1.54) is 6.92 Å². The van der Waals surface area contributed by atoms with Crippen molar-refractivity contribution in [2.45, 2.75) is 6.92 Å². The van der Waals surface area contributed by atoms with Crippen LogP contribution < -0.4 is 45.4 Å². The van der Waals surface area contributed by atoms with Gasteiger partial charge < -0.3 is 15.8 Å². The summed E-state index contributed by atoms with van der Waals surface area (Å²) in [6.45, 7) is 1.27. The molecule has 0 radical (unpaired) electrons. The van der Waals surface area contributed by atoms with Gasteiger partial charge in [-0.05, 0) is 6.92 Å². The van der Waals surface area contributed by atoms with Gasteiger partial charge in [0.25, 0.3) is 5.56 Å². The summed E-state index contributed by atoms with van der Waals surface area (Å²) < 4.78 is 29.1. The number of rotatable bonds is 4. The normalized spacial score (nSPS) is 14.3. The van der Waals surface area contributed by atoms with Gasteiger partial charge in [-0.3, -0.25) is 14.7 Å².